The van der Waals surface area contributed by atoms with Crippen molar-refractivity contribution in [3.05, 3.63) is 0 Å². The Morgan fingerprint density at radius 2 is 2.36 bits per heavy atom. The Morgan fingerprint density at radius 1 is 1.55 bits per heavy atom. The van der Waals surface area contributed by atoms with Gasteiger partial charge in [0.15, 0.2) is 0 Å². The van der Waals surface area contributed by atoms with Gasteiger partial charge in [-0.25, -0.2) is 0 Å². The van der Waals surface area contributed by atoms with Gasteiger partial charge in [-0.15, -0.1) is 0 Å². The van der Waals surface area contributed by atoms with E-state index in [1.54, 1.807) is 0 Å². The fourth-order valence-corrected chi connectivity index (χ4v) is 1.68. The Balaban J connectivity index is 2.05. The summed E-state index contributed by atoms with van der Waals surface area (Å²) in [7, 11) is 2.23. The number of rotatable bonds is 4. The summed E-state index contributed by atoms with van der Waals surface area (Å²) in [5.74, 6) is 0. The molecule has 1 heterocycles. The molecule has 1 N–H and O–H groups in total. The third-order valence-corrected chi connectivity index (χ3v) is 2.48. The van der Waals surface area contributed by atoms with E-state index in [-0.39, 0.29) is 0 Å². The fraction of sp³-hybridized carbons (Fsp3) is 1.00. The Morgan fingerprint density at radius 3 is 2.91 bits per heavy atom. The van der Waals surface area contributed by atoms with Crippen LogP contribution in [0.15, 0.2) is 0 Å². The van der Waals surface area contributed by atoms with Crippen molar-refractivity contribution in [2.45, 2.75) is 32.2 Å². The minimum Gasteiger partial charge on any atom is -0.315 e. The third-order valence-electron chi connectivity index (χ3n) is 2.48. The molecular weight excluding hydrogens is 136 g/mol. The van der Waals surface area contributed by atoms with E-state index < -0.39 is 0 Å². The Hall–Kier alpha value is -0.0800. The zero-order chi connectivity index (χ0) is 8.10. The van der Waals surface area contributed by atoms with Gasteiger partial charge in [0.25, 0.3) is 0 Å². The number of likely N-dealkylation sites (N-methyl/N-ethyl adjacent to an activating group) is 1. The molecule has 2 nitrogen and oxygen atoms in total. The predicted molar refractivity (Wildman–Crippen MR) is 48.8 cm³/mol. The lowest BCUT2D eigenvalue weighted by atomic mass is 10.2. The van der Waals surface area contributed by atoms with Crippen molar-refractivity contribution >= 4 is 0 Å². The van der Waals surface area contributed by atoms with Crippen LogP contribution in [0.4, 0.5) is 0 Å². The molecule has 0 aromatic carbocycles. The van der Waals surface area contributed by atoms with Gasteiger partial charge in [-0.3, -0.25) is 0 Å². The highest BCUT2D eigenvalue weighted by atomic mass is 15.2. The van der Waals surface area contributed by atoms with Crippen molar-refractivity contribution in [1.82, 2.24) is 10.2 Å². The Bertz CT molecular complexity index is 104. The highest BCUT2D eigenvalue weighted by Gasteiger charge is 2.19. The smallest absolute Gasteiger partial charge is 0.0218 e. The number of hydrogen-bond donors (Lipinski definition) is 1. The van der Waals surface area contributed by atoms with Crippen LogP contribution in [-0.4, -0.2) is 37.6 Å². The molecule has 0 bridgehead atoms. The minimum absolute atomic E-state index is 0.807. The second-order valence-electron chi connectivity index (χ2n) is 3.48. The van der Waals surface area contributed by atoms with E-state index in [1.165, 1.54) is 38.9 Å². The van der Waals surface area contributed by atoms with Crippen molar-refractivity contribution in [3.8, 4) is 0 Å². The SMILES string of the molecule is CCCNC[C@@H]1CCCN1C. The van der Waals surface area contributed by atoms with Crippen LogP contribution in [0.3, 0.4) is 0 Å². The number of hydrogen-bond acceptors (Lipinski definition) is 2. The summed E-state index contributed by atoms with van der Waals surface area (Å²) in [6.45, 7) is 5.86. The molecule has 0 spiro atoms. The van der Waals surface area contributed by atoms with E-state index in [0.29, 0.717) is 0 Å². The molecule has 0 aliphatic carbocycles. The Labute approximate surface area is 70.0 Å². The first-order valence-electron chi connectivity index (χ1n) is 4.75. The molecule has 1 atom stereocenters. The summed E-state index contributed by atoms with van der Waals surface area (Å²) in [5, 5.41) is 3.47. The van der Waals surface area contributed by atoms with Gasteiger partial charge in [0.1, 0.15) is 0 Å². The molecule has 0 radical (unpaired) electrons. The van der Waals surface area contributed by atoms with E-state index >= 15 is 0 Å². The lowest BCUT2D eigenvalue weighted by Gasteiger charge is -2.19. The highest BCUT2D eigenvalue weighted by molar-refractivity contribution is 4.77. The predicted octanol–water partition coefficient (Wildman–Crippen LogP) is 1.08. The van der Waals surface area contributed by atoms with E-state index in [9.17, 15) is 0 Å². The van der Waals surface area contributed by atoms with Crippen LogP contribution < -0.4 is 5.32 Å². The molecule has 0 unspecified atom stereocenters. The maximum atomic E-state index is 3.47. The van der Waals surface area contributed by atoms with Crippen molar-refractivity contribution in [2.75, 3.05) is 26.7 Å². The molecule has 1 saturated heterocycles. The zero-order valence-electron chi connectivity index (χ0n) is 7.77. The van der Waals surface area contributed by atoms with Crippen LogP contribution in [0.1, 0.15) is 26.2 Å². The van der Waals surface area contributed by atoms with Crippen LogP contribution in [0, 0.1) is 0 Å². The normalized spacial score (nSPS) is 26.2. The summed E-state index contributed by atoms with van der Waals surface area (Å²) in [6, 6.07) is 0.807. The van der Waals surface area contributed by atoms with Crippen LogP contribution in [0.25, 0.3) is 0 Å². The van der Waals surface area contributed by atoms with Gasteiger partial charge in [-0.05, 0) is 39.4 Å². The lowest BCUT2D eigenvalue weighted by Crippen LogP contribution is -2.35. The molecule has 2 heteroatoms. The highest BCUT2D eigenvalue weighted by Crippen LogP contribution is 2.13. The topological polar surface area (TPSA) is 15.3 Å². The van der Waals surface area contributed by atoms with Gasteiger partial charge < -0.3 is 10.2 Å². The molecule has 66 valence electrons. The van der Waals surface area contributed by atoms with Crippen LogP contribution in [0.2, 0.25) is 0 Å². The molecular formula is C9H20N2. The van der Waals surface area contributed by atoms with E-state index in [0.717, 1.165) is 6.04 Å². The summed E-state index contributed by atoms with van der Waals surface area (Å²) in [6.07, 6.45) is 4.01. The molecule has 0 amide bonds. The number of nitrogens with zero attached hydrogens (tertiary/aromatic N) is 1. The number of likely N-dealkylation sites (tertiary alicyclic amines) is 1. The standard InChI is InChI=1S/C9H20N2/c1-3-6-10-8-9-5-4-7-11(9)2/h9-10H,3-8H2,1-2H3/t9-/m0/s1. The second-order valence-corrected chi connectivity index (χ2v) is 3.48. The molecule has 0 saturated carbocycles. The van der Waals surface area contributed by atoms with E-state index in [2.05, 4.69) is 24.2 Å². The van der Waals surface area contributed by atoms with Gasteiger partial charge in [-0.2, -0.15) is 0 Å². The zero-order valence-corrected chi connectivity index (χ0v) is 7.77. The average Bonchev–Trinajstić information content (AvgIpc) is 2.37. The maximum absolute atomic E-state index is 3.47. The molecule has 0 aromatic heterocycles. The van der Waals surface area contributed by atoms with E-state index in [1.807, 2.05) is 0 Å². The monoisotopic (exact) mass is 156 g/mol. The van der Waals surface area contributed by atoms with Crippen LogP contribution in [-0.2, 0) is 0 Å². The lowest BCUT2D eigenvalue weighted by molar-refractivity contribution is 0.301. The van der Waals surface area contributed by atoms with Gasteiger partial charge in [0, 0.05) is 12.6 Å². The largest absolute Gasteiger partial charge is 0.315 e. The Kier molecular flexibility index (Phi) is 3.87. The molecule has 11 heavy (non-hydrogen) atoms. The first-order chi connectivity index (χ1) is 5.34. The van der Waals surface area contributed by atoms with E-state index in [4.69, 9.17) is 0 Å². The van der Waals surface area contributed by atoms with Gasteiger partial charge in [0.05, 0.1) is 0 Å². The van der Waals surface area contributed by atoms with Crippen molar-refractivity contribution in [2.24, 2.45) is 0 Å². The summed E-state index contributed by atoms with van der Waals surface area (Å²) in [4.78, 5) is 2.46. The van der Waals surface area contributed by atoms with Gasteiger partial charge in [0.2, 0.25) is 0 Å². The molecule has 1 fully saturated rings. The summed E-state index contributed by atoms with van der Waals surface area (Å²) >= 11 is 0. The first kappa shape index (κ1) is 9.01. The molecule has 1 rings (SSSR count). The first-order valence-corrected chi connectivity index (χ1v) is 4.75. The van der Waals surface area contributed by atoms with Gasteiger partial charge in [-0.1, -0.05) is 6.92 Å². The third kappa shape index (κ3) is 2.80. The van der Waals surface area contributed by atoms with Crippen molar-refractivity contribution < 1.29 is 0 Å². The van der Waals surface area contributed by atoms with Crippen molar-refractivity contribution in [1.29, 1.82) is 0 Å². The van der Waals surface area contributed by atoms with Gasteiger partial charge >= 0.3 is 0 Å². The summed E-state index contributed by atoms with van der Waals surface area (Å²) in [5.41, 5.74) is 0. The van der Waals surface area contributed by atoms with Crippen LogP contribution in [0.5, 0.6) is 0 Å². The molecule has 0 aromatic rings. The average molecular weight is 156 g/mol. The minimum atomic E-state index is 0.807. The quantitative estimate of drug-likeness (QED) is 0.613. The van der Waals surface area contributed by atoms with Crippen LogP contribution >= 0.6 is 0 Å². The number of nitrogens with one attached hydrogen (secondary N) is 1. The second kappa shape index (κ2) is 4.73. The molecule has 1 aliphatic rings. The fourth-order valence-electron chi connectivity index (χ4n) is 1.68. The van der Waals surface area contributed by atoms with Crippen molar-refractivity contribution in [3.63, 3.8) is 0 Å². The summed E-state index contributed by atoms with van der Waals surface area (Å²) < 4.78 is 0. The maximum Gasteiger partial charge on any atom is 0.0218 e. The molecule has 1 aliphatic heterocycles.